The Hall–Kier alpha value is -2.37. The number of hydrogen-bond donors (Lipinski definition) is 1. The summed E-state index contributed by atoms with van der Waals surface area (Å²) in [7, 11) is 0. The molecule has 0 saturated carbocycles. The van der Waals surface area contributed by atoms with Crippen LogP contribution in [0.5, 0.6) is 0 Å². The van der Waals surface area contributed by atoms with Crippen LogP contribution in [0.3, 0.4) is 0 Å². The van der Waals surface area contributed by atoms with E-state index in [-0.39, 0.29) is 5.91 Å². The molecule has 1 unspecified atom stereocenters. The van der Waals surface area contributed by atoms with Gasteiger partial charge in [-0.1, -0.05) is 30.3 Å². The second-order valence-corrected chi connectivity index (χ2v) is 9.89. The maximum atomic E-state index is 12.2. The van der Waals surface area contributed by atoms with Gasteiger partial charge in [0.25, 0.3) is 0 Å². The molecule has 2 aromatic carbocycles. The maximum absolute atomic E-state index is 12.2. The summed E-state index contributed by atoms with van der Waals surface area (Å²) in [5.74, 6) is 1.03. The van der Waals surface area contributed by atoms with Gasteiger partial charge in [0.05, 0.1) is 5.56 Å². The smallest absolute Gasteiger partial charge is 0.225 e. The van der Waals surface area contributed by atoms with E-state index in [1.54, 1.807) is 0 Å². The fourth-order valence-corrected chi connectivity index (χ4v) is 5.12. The van der Waals surface area contributed by atoms with E-state index in [0.717, 1.165) is 39.2 Å². The van der Waals surface area contributed by atoms with E-state index >= 15 is 0 Å². The SMILES string of the molecule is N#Cc1cc2c(nc1SCCC(=O)Nc1ccc(I)cc1)CCC(c1ccccc1)C2. The lowest BCUT2D eigenvalue weighted by Crippen LogP contribution is -2.15. The van der Waals surface area contributed by atoms with Gasteiger partial charge in [0.1, 0.15) is 11.1 Å². The van der Waals surface area contributed by atoms with E-state index in [2.05, 4.69) is 58.2 Å². The number of nitriles is 1. The Bertz CT molecular complexity index is 1110. The fraction of sp³-hybridized carbons (Fsp3) is 0.240. The van der Waals surface area contributed by atoms with Crippen LogP contribution in [0.2, 0.25) is 0 Å². The average Bonchev–Trinajstić information content (AvgIpc) is 2.80. The zero-order valence-electron chi connectivity index (χ0n) is 17.0. The number of rotatable bonds is 6. The maximum Gasteiger partial charge on any atom is 0.225 e. The molecule has 0 radical (unpaired) electrons. The Labute approximate surface area is 200 Å². The van der Waals surface area contributed by atoms with E-state index < -0.39 is 0 Å². The Morgan fingerprint density at radius 2 is 1.97 bits per heavy atom. The van der Waals surface area contributed by atoms with Crippen LogP contribution in [0.4, 0.5) is 5.69 Å². The molecular weight excluding hydrogens is 517 g/mol. The van der Waals surface area contributed by atoms with Crippen LogP contribution >= 0.6 is 34.4 Å². The number of halogens is 1. The fourth-order valence-electron chi connectivity index (χ4n) is 3.84. The van der Waals surface area contributed by atoms with Crippen molar-refractivity contribution in [3.8, 4) is 6.07 Å². The van der Waals surface area contributed by atoms with Crippen molar-refractivity contribution in [2.24, 2.45) is 0 Å². The van der Waals surface area contributed by atoms with Crippen LogP contribution in [-0.2, 0) is 17.6 Å². The van der Waals surface area contributed by atoms with Crippen molar-refractivity contribution in [3.05, 3.63) is 86.6 Å². The Morgan fingerprint density at radius 3 is 2.71 bits per heavy atom. The number of carbonyl (C=O) groups excluding carboxylic acids is 1. The molecule has 0 bridgehead atoms. The monoisotopic (exact) mass is 539 g/mol. The zero-order chi connectivity index (χ0) is 21.6. The molecule has 0 fully saturated rings. The molecule has 4 rings (SSSR count). The van der Waals surface area contributed by atoms with Gasteiger partial charge in [-0.05, 0) is 89.2 Å². The van der Waals surface area contributed by atoms with E-state index in [0.29, 0.717) is 23.7 Å². The lowest BCUT2D eigenvalue weighted by atomic mass is 9.82. The molecule has 1 aliphatic rings. The number of aromatic nitrogens is 1. The van der Waals surface area contributed by atoms with Crippen LogP contribution in [-0.4, -0.2) is 16.6 Å². The van der Waals surface area contributed by atoms with E-state index in [1.807, 2.05) is 36.4 Å². The molecule has 0 aliphatic heterocycles. The van der Waals surface area contributed by atoms with Gasteiger partial charge in [-0.2, -0.15) is 5.26 Å². The van der Waals surface area contributed by atoms with Gasteiger partial charge < -0.3 is 5.32 Å². The normalized spacial score (nSPS) is 15.0. The number of fused-ring (bicyclic) bond motifs is 1. The quantitative estimate of drug-likeness (QED) is 0.311. The molecule has 1 amide bonds. The minimum absolute atomic E-state index is 0.0316. The van der Waals surface area contributed by atoms with Crippen LogP contribution in [0, 0.1) is 14.9 Å². The van der Waals surface area contributed by atoms with Crippen molar-refractivity contribution in [3.63, 3.8) is 0 Å². The van der Waals surface area contributed by atoms with Crippen molar-refractivity contribution in [2.75, 3.05) is 11.1 Å². The van der Waals surface area contributed by atoms with Crippen LogP contribution in [0.25, 0.3) is 0 Å². The Morgan fingerprint density at radius 1 is 1.19 bits per heavy atom. The van der Waals surface area contributed by atoms with Gasteiger partial charge in [0.15, 0.2) is 0 Å². The highest BCUT2D eigenvalue weighted by Crippen LogP contribution is 2.34. The number of thioether (sulfide) groups is 1. The molecule has 0 spiro atoms. The zero-order valence-corrected chi connectivity index (χ0v) is 19.9. The molecule has 1 aliphatic carbocycles. The highest BCUT2D eigenvalue weighted by molar-refractivity contribution is 14.1. The molecule has 1 heterocycles. The van der Waals surface area contributed by atoms with Crippen LogP contribution in [0.1, 0.15) is 41.1 Å². The number of nitrogens with one attached hydrogen (secondary N) is 1. The number of aryl methyl sites for hydroxylation is 1. The van der Waals surface area contributed by atoms with E-state index in [9.17, 15) is 10.1 Å². The summed E-state index contributed by atoms with van der Waals surface area (Å²) >= 11 is 3.72. The van der Waals surface area contributed by atoms with E-state index in [1.165, 1.54) is 22.9 Å². The third kappa shape index (κ3) is 5.66. The van der Waals surface area contributed by atoms with E-state index in [4.69, 9.17) is 4.98 Å². The molecule has 0 saturated heterocycles. The first-order valence-electron chi connectivity index (χ1n) is 10.3. The Kier molecular flexibility index (Phi) is 7.25. The lowest BCUT2D eigenvalue weighted by Gasteiger charge is -2.25. The first-order valence-corrected chi connectivity index (χ1v) is 12.3. The molecule has 1 atom stereocenters. The average molecular weight is 539 g/mol. The minimum atomic E-state index is -0.0316. The minimum Gasteiger partial charge on any atom is -0.326 e. The number of pyridine rings is 1. The number of anilines is 1. The molecule has 6 heteroatoms. The van der Waals surface area contributed by atoms with Gasteiger partial charge >= 0.3 is 0 Å². The number of amides is 1. The van der Waals surface area contributed by atoms with Crippen molar-refractivity contribution in [1.29, 1.82) is 5.26 Å². The summed E-state index contributed by atoms with van der Waals surface area (Å²) in [6.07, 6.45) is 3.28. The molecule has 156 valence electrons. The number of carbonyl (C=O) groups is 1. The van der Waals surface area contributed by atoms with Gasteiger partial charge in [-0.3, -0.25) is 4.79 Å². The first kappa shape index (κ1) is 21.8. The number of hydrogen-bond acceptors (Lipinski definition) is 4. The van der Waals surface area contributed by atoms with Crippen molar-refractivity contribution < 1.29 is 4.79 Å². The highest BCUT2D eigenvalue weighted by atomic mass is 127. The topological polar surface area (TPSA) is 65.8 Å². The lowest BCUT2D eigenvalue weighted by molar-refractivity contribution is -0.115. The second kappa shape index (κ2) is 10.3. The van der Waals surface area contributed by atoms with Crippen LogP contribution in [0.15, 0.2) is 65.7 Å². The largest absolute Gasteiger partial charge is 0.326 e. The molecule has 3 aromatic rings. The van der Waals surface area contributed by atoms with Crippen molar-refractivity contribution >= 4 is 45.9 Å². The summed E-state index contributed by atoms with van der Waals surface area (Å²) in [5.41, 5.74) is 5.03. The van der Waals surface area contributed by atoms with Crippen molar-refractivity contribution in [1.82, 2.24) is 4.98 Å². The summed E-state index contributed by atoms with van der Waals surface area (Å²) in [6, 6.07) is 22.6. The predicted molar refractivity (Wildman–Crippen MR) is 133 cm³/mol. The number of nitrogens with zero attached hydrogens (tertiary/aromatic N) is 2. The van der Waals surface area contributed by atoms with Gasteiger partial charge in [0.2, 0.25) is 5.91 Å². The Balaban J connectivity index is 1.38. The number of benzene rings is 2. The molecule has 31 heavy (non-hydrogen) atoms. The second-order valence-electron chi connectivity index (χ2n) is 7.56. The highest BCUT2D eigenvalue weighted by Gasteiger charge is 2.23. The first-order chi connectivity index (χ1) is 15.1. The molecule has 1 aromatic heterocycles. The molecule has 1 N–H and O–H groups in total. The van der Waals surface area contributed by atoms with Gasteiger partial charge in [0, 0.05) is 27.1 Å². The summed E-state index contributed by atoms with van der Waals surface area (Å²) in [6.45, 7) is 0. The van der Waals surface area contributed by atoms with Crippen LogP contribution < -0.4 is 5.32 Å². The molecule has 4 nitrogen and oxygen atoms in total. The van der Waals surface area contributed by atoms with Crippen molar-refractivity contribution in [2.45, 2.75) is 36.6 Å². The summed E-state index contributed by atoms with van der Waals surface area (Å²) in [4.78, 5) is 17.0. The molecular formula is C25H22IN3OS. The van der Waals surface area contributed by atoms with Gasteiger partial charge in [-0.25, -0.2) is 4.98 Å². The third-order valence-electron chi connectivity index (χ3n) is 5.44. The third-order valence-corrected chi connectivity index (χ3v) is 7.15. The standard InChI is InChI=1S/C25H22IN3OS/c26-21-7-9-22(10-8-21)28-24(30)12-13-31-25-20(16-27)15-19-14-18(6-11-23(19)29-25)17-4-2-1-3-5-17/h1-5,7-10,15,18H,6,11-14H2,(H,28,30). The predicted octanol–water partition coefficient (Wildman–Crippen LogP) is 5.95. The summed E-state index contributed by atoms with van der Waals surface area (Å²) in [5, 5.41) is 13.3. The summed E-state index contributed by atoms with van der Waals surface area (Å²) < 4.78 is 1.13. The van der Waals surface area contributed by atoms with Gasteiger partial charge in [-0.15, -0.1) is 11.8 Å².